The number of ether oxygens (including phenoxy) is 2. The molecule has 5 nitrogen and oxygen atoms in total. The van der Waals surface area contributed by atoms with Crippen LogP contribution >= 0.6 is 0 Å². The number of carbonyl (C=O) groups excluding carboxylic acids is 1. The van der Waals surface area contributed by atoms with E-state index in [2.05, 4.69) is 4.90 Å². The van der Waals surface area contributed by atoms with Crippen molar-refractivity contribution in [1.29, 1.82) is 0 Å². The average Bonchev–Trinajstić information content (AvgIpc) is 3.02. The van der Waals surface area contributed by atoms with Crippen LogP contribution in [-0.2, 0) is 20.8 Å². The molecule has 24 heavy (non-hydrogen) atoms. The number of likely N-dealkylation sites (tertiary alicyclic amines) is 1. The van der Waals surface area contributed by atoms with E-state index < -0.39 is 5.79 Å². The fourth-order valence-electron chi connectivity index (χ4n) is 3.50. The van der Waals surface area contributed by atoms with Crippen molar-refractivity contribution >= 4 is 5.91 Å². The molecule has 1 unspecified atom stereocenters. The van der Waals surface area contributed by atoms with Gasteiger partial charge in [-0.25, -0.2) is 4.39 Å². The van der Waals surface area contributed by atoms with Gasteiger partial charge in [0, 0.05) is 39.5 Å². The highest BCUT2D eigenvalue weighted by atomic mass is 19.1. The second kappa shape index (κ2) is 7.17. The van der Waals surface area contributed by atoms with Gasteiger partial charge in [0.2, 0.25) is 5.91 Å². The molecule has 2 heterocycles. The van der Waals surface area contributed by atoms with Crippen LogP contribution in [0.2, 0.25) is 0 Å². The highest BCUT2D eigenvalue weighted by Crippen LogP contribution is 2.32. The van der Waals surface area contributed by atoms with Gasteiger partial charge < -0.3 is 14.4 Å². The van der Waals surface area contributed by atoms with Crippen molar-refractivity contribution in [2.24, 2.45) is 0 Å². The maximum absolute atomic E-state index is 13.3. The second-order valence-corrected chi connectivity index (χ2v) is 6.64. The Morgan fingerprint density at radius 2 is 2.00 bits per heavy atom. The Morgan fingerprint density at radius 3 is 2.62 bits per heavy atom. The summed E-state index contributed by atoms with van der Waals surface area (Å²) < 4.78 is 24.7. The number of hydrogen-bond donors (Lipinski definition) is 0. The van der Waals surface area contributed by atoms with Crippen molar-refractivity contribution in [3.8, 4) is 0 Å². The first kappa shape index (κ1) is 17.3. The summed E-state index contributed by atoms with van der Waals surface area (Å²) >= 11 is 0. The number of benzene rings is 1. The molecule has 1 spiro atoms. The minimum absolute atomic E-state index is 0.0449. The third-order valence-electron chi connectivity index (χ3n) is 4.96. The van der Waals surface area contributed by atoms with Gasteiger partial charge >= 0.3 is 0 Å². The first-order chi connectivity index (χ1) is 11.5. The zero-order chi connectivity index (χ0) is 17.2. The Hall–Kier alpha value is -1.50. The molecule has 1 aromatic rings. The van der Waals surface area contributed by atoms with Gasteiger partial charge in [-0.1, -0.05) is 12.1 Å². The summed E-state index contributed by atoms with van der Waals surface area (Å²) in [5.41, 5.74) is 0.795. The number of amides is 1. The topological polar surface area (TPSA) is 42.0 Å². The largest absolute Gasteiger partial charge is 0.347 e. The quantitative estimate of drug-likeness (QED) is 0.844. The van der Waals surface area contributed by atoms with Crippen LogP contribution in [0, 0.1) is 5.82 Å². The Morgan fingerprint density at radius 1 is 1.33 bits per heavy atom. The van der Waals surface area contributed by atoms with E-state index in [1.54, 1.807) is 18.0 Å². The number of rotatable bonds is 4. The van der Waals surface area contributed by atoms with Crippen LogP contribution in [0.3, 0.4) is 0 Å². The lowest BCUT2D eigenvalue weighted by Gasteiger charge is -2.40. The fraction of sp³-hybridized carbons (Fsp3) is 0.611. The molecule has 2 aliphatic rings. The molecule has 3 rings (SSSR count). The van der Waals surface area contributed by atoms with Gasteiger partial charge in [0.25, 0.3) is 0 Å². The van der Waals surface area contributed by atoms with Crippen molar-refractivity contribution in [2.45, 2.75) is 38.1 Å². The van der Waals surface area contributed by atoms with Crippen molar-refractivity contribution < 1.29 is 18.7 Å². The predicted molar refractivity (Wildman–Crippen MR) is 87.8 cm³/mol. The van der Waals surface area contributed by atoms with E-state index >= 15 is 0 Å². The molecule has 0 radical (unpaired) electrons. The molecule has 2 aliphatic heterocycles. The van der Waals surface area contributed by atoms with Gasteiger partial charge in [0.05, 0.1) is 19.3 Å². The van der Waals surface area contributed by atoms with Crippen LogP contribution < -0.4 is 0 Å². The molecule has 0 aliphatic carbocycles. The highest BCUT2D eigenvalue weighted by molar-refractivity contribution is 5.81. The average molecular weight is 336 g/mol. The van der Waals surface area contributed by atoms with Gasteiger partial charge in [-0.2, -0.15) is 0 Å². The van der Waals surface area contributed by atoms with Crippen LogP contribution in [0.25, 0.3) is 0 Å². The van der Waals surface area contributed by atoms with Crippen molar-refractivity contribution in [3.63, 3.8) is 0 Å². The third-order valence-corrected chi connectivity index (χ3v) is 4.96. The summed E-state index contributed by atoms with van der Waals surface area (Å²) in [5.74, 6) is -0.657. The summed E-state index contributed by atoms with van der Waals surface area (Å²) in [6.07, 6.45) is 1.58. The second-order valence-electron chi connectivity index (χ2n) is 6.64. The molecule has 1 aromatic carbocycles. The SMILES string of the molecule is CC(C(=O)N(C)Cc1cccc(F)c1)N1CCC2(CC1)OCCO2. The molecular formula is C18H25FN2O3. The third kappa shape index (κ3) is 3.77. The summed E-state index contributed by atoms with van der Waals surface area (Å²) in [4.78, 5) is 16.5. The Bertz CT molecular complexity index is 579. The molecule has 0 N–H and O–H groups in total. The maximum Gasteiger partial charge on any atom is 0.239 e. The number of likely N-dealkylation sites (N-methyl/N-ethyl adjacent to an activating group) is 1. The van der Waals surface area contributed by atoms with Crippen LogP contribution in [0.15, 0.2) is 24.3 Å². The standard InChI is InChI=1S/C18H25FN2O3/c1-14(21-8-6-18(7-9-21)23-10-11-24-18)17(22)20(2)13-15-4-3-5-16(19)12-15/h3-5,12,14H,6-11,13H2,1-2H3. The number of piperidine rings is 1. The van der Waals surface area contributed by atoms with E-state index in [-0.39, 0.29) is 17.8 Å². The van der Waals surface area contributed by atoms with Crippen molar-refractivity contribution in [3.05, 3.63) is 35.6 Å². The van der Waals surface area contributed by atoms with Gasteiger partial charge in [-0.05, 0) is 24.6 Å². The summed E-state index contributed by atoms with van der Waals surface area (Å²) in [7, 11) is 1.76. The fourth-order valence-corrected chi connectivity index (χ4v) is 3.50. The van der Waals surface area contributed by atoms with E-state index in [0.717, 1.165) is 31.5 Å². The number of hydrogen-bond acceptors (Lipinski definition) is 4. The first-order valence-electron chi connectivity index (χ1n) is 8.50. The monoisotopic (exact) mass is 336 g/mol. The van der Waals surface area contributed by atoms with E-state index in [1.807, 2.05) is 13.0 Å². The van der Waals surface area contributed by atoms with Crippen LogP contribution in [0.1, 0.15) is 25.3 Å². The van der Waals surface area contributed by atoms with E-state index in [4.69, 9.17) is 9.47 Å². The molecule has 132 valence electrons. The Labute approximate surface area is 142 Å². The van der Waals surface area contributed by atoms with Gasteiger partial charge in [-0.15, -0.1) is 0 Å². The number of carbonyl (C=O) groups is 1. The smallest absolute Gasteiger partial charge is 0.239 e. The van der Waals surface area contributed by atoms with Crippen molar-refractivity contribution in [2.75, 3.05) is 33.4 Å². The molecule has 6 heteroatoms. The molecule has 0 aromatic heterocycles. The predicted octanol–water partition coefficient (Wildman–Crippen LogP) is 2.01. The highest BCUT2D eigenvalue weighted by Gasteiger charge is 2.41. The maximum atomic E-state index is 13.3. The zero-order valence-electron chi connectivity index (χ0n) is 14.3. The normalized spacial score (nSPS) is 21.8. The van der Waals surface area contributed by atoms with Crippen LogP contribution in [-0.4, -0.2) is 60.9 Å². The lowest BCUT2D eigenvalue weighted by Crippen LogP contribution is -2.52. The molecule has 1 amide bonds. The summed E-state index contributed by atoms with van der Waals surface area (Å²) in [6, 6.07) is 6.16. The zero-order valence-corrected chi connectivity index (χ0v) is 14.3. The van der Waals surface area contributed by atoms with E-state index in [9.17, 15) is 9.18 Å². The molecule has 0 saturated carbocycles. The molecule has 2 saturated heterocycles. The lowest BCUT2D eigenvalue weighted by atomic mass is 10.0. The van der Waals surface area contributed by atoms with Crippen LogP contribution in [0.5, 0.6) is 0 Å². The Kier molecular flexibility index (Phi) is 5.18. The minimum atomic E-state index is -0.424. The lowest BCUT2D eigenvalue weighted by molar-refractivity contribution is -0.189. The number of nitrogens with zero attached hydrogens (tertiary/aromatic N) is 2. The molecule has 2 fully saturated rings. The van der Waals surface area contributed by atoms with Gasteiger partial charge in [0.15, 0.2) is 5.79 Å². The first-order valence-corrected chi connectivity index (χ1v) is 8.50. The number of halogens is 1. The summed E-state index contributed by atoms with van der Waals surface area (Å²) in [6.45, 7) is 5.21. The Balaban J connectivity index is 1.54. The molecular weight excluding hydrogens is 311 g/mol. The van der Waals surface area contributed by atoms with Crippen LogP contribution in [0.4, 0.5) is 4.39 Å². The minimum Gasteiger partial charge on any atom is -0.347 e. The van der Waals surface area contributed by atoms with E-state index in [0.29, 0.717) is 19.8 Å². The summed E-state index contributed by atoms with van der Waals surface area (Å²) in [5, 5.41) is 0. The van der Waals surface area contributed by atoms with Gasteiger partial charge in [0.1, 0.15) is 5.82 Å². The van der Waals surface area contributed by atoms with E-state index in [1.165, 1.54) is 12.1 Å². The molecule has 0 bridgehead atoms. The van der Waals surface area contributed by atoms with Crippen molar-refractivity contribution in [1.82, 2.24) is 9.80 Å². The molecule has 1 atom stereocenters. The van der Waals surface area contributed by atoms with Gasteiger partial charge in [-0.3, -0.25) is 9.69 Å².